The molecular formula is C11H10BrF2NO. The summed E-state index contributed by atoms with van der Waals surface area (Å²) in [6.07, 6.45) is 2.72. The Bertz CT molecular complexity index is 444. The quantitative estimate of drug-likeness (QED) is 0.484. The highest BCUT2D eigenvalue weighted by molar-refractivity contribution is 9.10. The number of ketones is 1. The fourth-order valence-corrected chi connectivity index (χ4v) is 1.36. The fraction of sp³-hybridized carbons (Fsp3) is 0.182. The molecule has 0 amide bonds. The van der Waals surface area contributed by atoms with Gasteiger partial charge in [0.25, 0.3) is 0 Å². The molecule has 0 aliphatic carbocycles. The van der Waals surface area contributed by atoms with Gasteiger partial charge in [0.15, 0.2) is 5.78 Å². The molecule has 0 aliphatic rings. The van der Waals surface area contributed by atoms with Crippen LogP contribution >= 0.6 is 15.9 Å². The highest BCUT2D eigenvalue weighted by Gasteiger charge is 2.12. The second-order valence-electron chi connectivity index (χ2n) is 3.39. The molecule has 0 bridgehead atoms. The molecule has 0 heterocycles. The number of hydrogen-bond donors (Lipinski definition) is 0. The van der Waals surface area contributed by atoms with Gasteiger partial charge in [-0.1, -0.05) is 0 Å². The number of rotatable bonds is 3. The van der Waals surface area contributed by atoms with Crippen molar-refractivity contribution in [2.24, 2.45) is 0 Å². The Labute approximate surface area is 101 Å². The molecule has 0 N–H and O–H groups in total. The van der Waals surface area contributed by atoms with E-state index in [4.69, 9.17) is 0 Å². The molecule has 0 saturated heterocycles. The minimum absolute atomic E-state index is 0.0653. The predicted molar refractivity (Wildman–Crippen MR) is 61.2 cm³/mol. The Morgan fingerprint density at radius 3 is 2.50 bits per heavy atom. The van der Waals surface area contributed by atoms with E-state index in [0.29, 0.717) is 6.07 Å². The Morgan fingerprint density at radius 2 is 1.94 bits per heavy atom. The number of carbonyl (C=O) groups excluding carboxylic acids is 1. The van der Waals surface area contributed by atoms with Gasteiger partial charge >= 0.3 is 0 Å². The van der Waals surface area contributed by atoms with E-state index in [1.807, 2.05) is 0 Å². The van der Waals surface area contributed by atoms with Crippen LogP contribution in [0.2, 0.25) is 0 Å². The highest BCUT2D eigenvalue weighted by atomic mass is 79.9. The van der Waals surface area contributed by atoms with Crippen molar-refractivity contribution in [3.63, 3.8) is 0 Å². The first-order chi connectivity index (χ1) is 7.41. The van der Waals surface area contributed by atoms with Crippen LogP contribution in [0, 0.1) is 11.6 Å². The van der Waals surface area contributed by atoms with Crippen LogP contribution in [0.5, 0.6) is 0 Å². The number of carbonyl (C=O) groups is 1. The zero-order chi connectivity index (χ0) is 12.3. The zero-order valence-corrected chi connectivity index (χ0v) is 10.4. The molecule has 2 nitrogen and oxygen atoms in total. The Morgan fingerprint density at radius 1 is 1.31 bits per heavy atom. The molecule has 1 aromatic carbocycles. The van der Waals surface area contributed by atoms with Crippen molar-refractivity contribution in [2.45, 2.75) is 0 Å². The molecule has 0 atom stereocenters. The lowest BCUT2D eigenvalue weighted by atomic mass is 10.1. The molecule has 0 spiro atoms. The largest absolute Gasteiger partial charge is 0.383 e. The first-order valence-electron chi connectivity index (χ1n) is 4.45. The highest BCUT2D eigenvalue weighted by Crippen LogP contribution is 2.20. The third kappa shape index (κ3) is 3.13. The molecule has 0 fully saturated rings. The number of hydrogen-bond acceptors (Lipinski definition) is 2. The summed E-state index contributed by atoms with van der Waals surface area (Å²) in [7, 11) is 3.47. The summed E-state index contributed by atoms with van der Waals surface area (Å²) in [4.78, 5) is 13.2. The summed E-state index contributed by atoms with van der Waals surface area (Å²) in [5, 5.41) is 0. The van der Waals surface area contributed by atoms with Crippen molar-refractivity contribution >= 4 is 21.7 Å². The molecule has 1 rings (SSSR count). The SMILES string of the molecule is CN(C)/C=C/C(=O)c1cc(Br)c(F)cc1F. The number of nitrogens with zero attached hydrogens (tertiary/aromatic N) is 1. The fourth-order valence-electron chi connectivity index (χ4n) is 1.02. The normalized spacial score (nSPS) is 10.8. The first-order valence-corrected chi connectivity index (χ1v) is 5.24. The summed E-state index contributed by atoms with van der Waals surface area (Å²) in [6, 6.07) is 1.81. The summed E-state index contributed by atoms with van der Waals surface area (Å²) >= 11 is 2.90. The van der Waals surface area contributed by atoms with Gasteiger partial charge in [-0.2, -0.15) is 0 Å². The standard InChI is InChI=1S/C11H10BrF2NO/c1-15(2)4-3-11(16)7-5-8(12)10(14)6-9(7)13/h3-6H,1-2H3/b4-3+. The van der Waals surface area contributed by atoms with Crippen LogP contribution in [0.4, 0.5) is 8.78 Å². The third-order valence-electron chi connectivity index (χ3n) is 1.80. The molecule has 1 aromatic rings. The summed E-state index contributed by atoms with van der Waals surface area (Å²) in [5.74, 6) is -2.10. The maximum Gasteiger partial charge on any atom is 0.190 e. The van der Waals surface area contributed by atoms with Gasteiger partial charge in [0, 0.05) is 32.4 Å². The van der Waals surface area contributed by atoms with Crippen LogP contribution < -0.4 is 0 Å². The average Bonchev–Trinajstić information content (AvgIpc) is 2.20. The van der Waals surface area contributed by atoms with Crippen molar-refractivity contribution in [1.82, 2.24) is 4.90 Å². The average molecular weight is 290 g/mol. The Kier molecular flexibility index (Phi) is 4.18. The molecule has 16 heavy (non-hydrogen) atoms. The monoisotopic (exact) mass is 289 g/mol. The van der Waals surface area contributed by atoms with E-state index in [1.54, 1.807) is 19.0 Å². The van der Waals surface area contributed by atoms with Crippen LogP contribution in [0.3, 0.4) is 0 Å². The summed E-state index contributed by atoms with van der Waals surface area (Å²) in [5.41, 5.74) is -0.161. The topological polar surface area (TPSA) is 20.3 Å². The lowest BCUT2D eigenvalue weighted by molar-refractivity contribution is 0.104. The van der Waals surface area contributed by atoms with E-state index in [1.165, 1.54) is 12.3 Å². The number of benzene rings is 1. The lowest BCUT2D eigenvalue weighted by Gasteiger charge is -2.04. The van der Waals surface area contributed by atoms with Gasteiger partial charge in [-0.15, -0.1) is 0 Å². The molecular weight excluding hydrogens is 280 g/mol. The smallest absolute Gasteiger partial charge is 0.190 e. The van der Waals surface area contributed by atoms with Crippen LogP contribution in [-0.4, -0.2) is 24.8 Å². The van der Waals surface area contributed by atoms with E-state index in [-0.39, 0.29) is 10.0 Å². The predicted octanol–water partition coefficient (Wildman–Crippen LogP) is 2.99. The van der Waals surface area contributed by atoms with E-state index < -0.39 is 17.4 Å². The molecule has 0 radical (unpaired) electrons. The molecule has 86 valence electrons. The molecule has 0 saturated carbocycles. The van der Waals surface area contributed by atoms with Gasteiger partial charge in [0.2, 0.25) is 0 Å². The van der Waals surface area contributed by atoms with Crippen molar-refractivity contribution in [3.05, 3.63) is 46.1 Å². The van der Waals surface area contributed by atoms with Crippen molar-refractivity contribution in [1.29, 1.82) is 0 Å². The number of halogens is 3. The van der Waals surface area contributed by atoms with Crippen LogP contribution in [0.25, 0.3) is 0 Å². The van der Waals surface area contributed by atoms with Gasteiger partial charge in [-0.3, -0.25) is 4.79 Å². The molecule has 0 aromatic heterocycles. The summed E-state index contributed by atoms with van der Waals surface area (Å²) in [6.45, 7) is 0. The van der Waals surface area contributed by atoms with Crippen molar-refractivity contribution < 1.29 is 13.6 Å². The maximum atomic E-state index is 13.3. The number of allylic oxidation sites excluding steroid dienone is 1. The Hall–Kier alpha value is -1.23. The lowest BCUT2D eigenvalue weighted by Crippen LogP contribution is -2.05. The van der Waals surface area contributed by atoms with Gasteiger partial charge < -0.3 is 4.90 Å². The second kappa shape index (κ2) is 5.21. The molecule has 0 unspecified atom stereocenters. The molecule has 0 aliphatic heterocycles. The summed E-state index contributed by atoms with van der Waals surface area (Å²) < 4.78 is 26.3. The van der Waals surface area contributed by atoms with E-state index in [0.717, 1.165) is 6.07 Å². The van der Waals surface area contributed by atoms with Crippen LogP contribution in [0.1, 0.15) is 10.4 Å². The second-order valence-corrected chi connectivity index (χ2v) is 4.24. The van der Waals surface area contributed by atoms with Gasteiger partial charge in [0.05, 0.1) is 10.0 Å². The van der Waals surface area contributed by atoms with Crippen molar-refractivity contribution in [3.8, 4) is 0 Å². The minimum Gasteiger partial charge on any atom is -0.383 e. The maximum absolute atomic E-state index is 13.3. The van der Waals surface area contributed by atoms with Gasteiger partial charge in [0.1, 0.15) is 11.6 Å². The van der Waals surface area contributed by atoms with E-state index >= 15 is 0 Å². The minimum atomic E-state index is -0.867. The van der Waals surface area contributed by atoms with Gasteiger partial charge in [-0.25, -0.2) is 8.78 Å². The zero-order valence-electron chi connectivity index (χ0n) is 8.80. The van der Waals surface area contributed by atoms with E-state index in [9.17, 15) is 13.6 Å². The van der Waals surface area contributed by atoms with Crippen LogP contribution in [0.15, 0.2) is 28.9 Å². The third-order valence-corrected chi connectivity index (χ3v) is 2.41. The van der Waals surface area contributed by atoms with Crippen molar-refractivity contribution in [2.75, 3.05) is 14.1 Å². The Balaban J connectivity index is 3.05. The first kappa shape index (κ1) is 12.8. The van der Waals surface area contributed by atoms with E-state index in [2.05, 4.69) is 15.9 Å². The molecule has 5 heteroatoms. The van der Waals surface area contributed by atoms with Crippen LogP contribution in [-0.2, 0) is 0 Å². The van der Waals surface area contributed by atoms with Gasteiger partial charge in [-0.05, 0) is 22.0 Å².